The summed E-state index contributed by atoms with van der Waals surface area (Å²) in [6.07, 6.45) is 7.82. The smallest absolute Gasteiger partial charge is 0.155 e. The van der Waals surface area contributed by atoms with Crippen LogP contribution in [0.2, 0.25) is 0 Å². The predicted molar refractivity (Wildman–Crippen MR) is 72.7 cm³/mol. The number of ketones is 1. The third-order valence-electron chi connectivity index (χ3n) is 3.19. The second kappa shape index (κ2) is 7.00. The molecule has 0 saturated carbocycles. The Morgan fingerprint density at radius 2 is 1.83 bits per heavy atom. The first-order valence-electron chi connectivity index (χ1n) is 6.75. The molecule has 1 aromatic rings. The highest BCUT2D eigenvalue weighted by Crippen LogP contribution is 2.19. The predicted octanol–water partition coefficient (Wildman–Crippen LogP) is 3.92. The van der Waals surface area contributed by atoms with Crippen molar-refractivity contribution in [3.63, 3.8) is 0 Å². The first-order chi connectivity index (χ1) is 8.84. The number of ether oxygens (including phenoxy) is 1. The normalized spacial score (nSPS) is 16.0. The number of carbonyl (C=O) groups is 1. The quantitative estimate of drug-likeness (QED) is 0.734. The fourth-order valence-electron chi connectivity index (χ4n) is 2.23. The maximum Gasteiger partial charge on any atom is 0.155 e. The molecule has 1 aliphatic carbocycles. The Kier molecular flexibility index (Phi) is 5.00. The molecule has 0 aliphatic heterocycles. The monoisotopic (exact) mass is 244 g/mol. The van der Waals surface area contributed by atoms with Crippen LogP contribution < -0.4 is 4.74 Å². The maximum absolute atomic E-state index is 11.4. The molecule has 2 rings (SSSR count). The van der Waals surface area contributed by atoms with Crippen LogP contribution in [0.4, 0.5) is 0 Å². The highest BCUT2D eigenvalue weighted by Gasteiger charge is 2.08. The van der Waals surface area contributed by atoms with E-state index in [-0.39, 0.29) is 0 Å². The lowest BCUT2D eigenvalue weighted by atomic mass is 10.1. The molecule has 0 fully saturated rings. The molecule has 0 aromatic heterocycles. The van der Waals surface area contributed by atoms with Gasteiger partial charge in [-0.1, -0.05) is 23.8 Å². The van der Waals surface area contributed by atoms with Crippen LogP contribution >= 0.6 is 0 Å². The first kappa shape index (κ1) is 12.9. The zero-order valence-corrected chi connectivity index (χ0v) is 10.7. The summed E-state index contributed by atoms with van der Waals surface area (Å²) < 4.78 is 5.64. The van der Waals surface area contributed by atoms with Crippen molar-refractivity contribution in [1.29, 1.82) is 0 Å². The average molecular weight is 244 g/mol. The molecule has 0 N–H and O–H groups in total. The Morgan fingerprint density at radius 3 is 2.67 bits per heavy atom. The number of allylic oxidation sites excluding steroid dienone is 2. The van der Waals surface area contributed by atoms with Gasteiger partial charge < -0.3 is 4.74 Å². The van der Waals surface area contributed by atoms with Crippen molar-refractivity contribution in [1.82, 2.24) is 0 Å². The number of benzene rings is 1. The zero-order valence-electron chi connectivity index (χ0n) is 10.7. The topological polar surface area (TPSA) is 26.3 Å². The highest BCUT2D eigenvalue weighted by molar-refractivity contribution is 5.90. The van der Waals surface area contributed by atoms with Gasteiger partial charge in [-0.05, 0) is 50.3 Å². The van der Waals surface area contributed by atoms with Gasteiger partial charge in [0.2, 0.25) is 0 Å². The van der Waals surface area contributed by atoms with Gasteiger partial charge >= 0.3 is 0 Å². The Hall–Kier alpha value is -1.57. The molecule has 96 valence electrons. The Balaban J connectivity index is 1.70. The second-order valence-corrected chi connectivity index (χ2v) is 4.74. The highest BCUT2D eigenvalue weighted by atomic mass is 16.5. The van der Waals surface area contributed by atoms with Crippen LogP contribution in [-0.2, 0) is 4.79 Å². The van der Waals surface area contributed by atoms with Crippen LogP contribution in [0.3, 0.4) is 0 Å². The van der Waals surface area contributed by atoms with E-state index in [2.05, 4.69) is 0 Å². The van der Waals surface area contributed by atoms with Crippen LogP contribution in [-0.4, -0.2) is 12.4 Å². The summed E-state index contributed by atoms with van der Waals surface area (Å²) in [6, 6.07) is 9.86. The van der Waals surface area contributed by atoms with Crippen molar-refractivity contribution in [3.05, 3.63) is 42.0 Å². The van der Waals surface area contributed by atoms with E-state index < -0.39 is 0 Å². The third-order valence-corrected chi connectivity index (χ3v) is 3.19. The summed E-state index contributed by atoms with van der Waals surface area (Å²) in [5.41, 5.74) is 1.30. The van der Waals surface area contributed by atoms with E-state index in [4.69, 9.17) is 4.74 Å². The molecule has 0 heterocycles. The largest absolute Gasteiger partial charge is 0.494 e. The third kappa shape index (κ3) is 4.36. The van der Waals surface area contributed by atoms with Gasteiger partial charge in [-0.3, -0.25) is 4.79 Å². The summed E-state index contributed by atoms with van der Waals surface area (Å²) >= 11 is 0. The average Bonchev–Trinajstić information content (AvgIpc) is 2.60. The standard InChI is InChI=1S/C16H20O2/c17-15-9-5-4-7-14(13-15)8-6-12-18-16-10-2-1-3-11-16/h1-3,10-11,13H,4-9,12H2. The van der Waals surface area contributed by atoms with E-state index in [0.717, 1.165) is 50.9 Å². The summed E-state index contributed by atoms with van der Waals surface area (Å²) in [4.78, 5) is 11.4. The summed E-state index contributed by atoms with van der Waals surface area (Å²) in [5, 5.41) is 0. The van der Waals surface area contributed by atoms with Gasteiger partial charge in [-0.25, -0.2) is 0 Å². The minimum Gasteiger partial charge on any atom is -0.494 e. The Labute approximate surface area is 109 Å². The van der Waals surface area contributed by atoms with Crippen molar-refractivity contribution in [2.75, 3.05) is 6.61 Å². The van der Waals surface area contributed by atoms with E-state index in [1.165, 1.54) is 5.57 Å². The fourth-order valence-corrected chi connectivity index (χ4v) is 2.23. The number of carbonyl (C=O) groups excluding carboxylic acids is 1. The molecule has 1 aromatic carbocycles. The molecular weight excluding hydrogens is 224 g/mol. The lowest BCUT2D eigenvalue weighted by Gasteiger charge is -2.07. The number of rotatable bonds is 5. The Morgan fingerprint density at radius 1 is 1.06 bits per heavy atom. The van der Waals surface area contributed by atoms with Gasteiger partial charge in [0.05, 0.1) is 6.61 Å². The molecule has 0 amide bonds. The number of hydrogen-bond donors (Lipinski definition) is 0. The molecule has 0 bridgehead atoms. The van der Waals surface area contributed by atoms with E-state index in [9.17, 15) is 4.79 Å². The number of para-hydroxylation sites is 1. The zero-order chi connectivity index (χ0) is 12.6. The van der Waals surface area contributed by atoms with Gasteiger partial charge in [-0.2, -0.15) is 0 Å². The lowest BCUT2D eigenvalue weighted by molar-refractivity contribution is -0.114. The van der Waals surface area contributed by atoms with Crippen molar-refractivity contribution in [3.8, 4) is 5.75 Å². The van der Waals surface area contributed by atoms with E-state index in [1.807, 2.05) is 36.4 Å². The van der Waals surface area contributed by atoms with E-state index in [0.29, 0.717) is 5.78 Å². The second-order valence-electron chi connectivity index (χ2n) is 4.74. The van der Waals surface area contributed by atoms with Crippen molar-refractivity contribution in [2.24, 2.45) is 0 Å². The minimum absolute atomic E-state index is 0.298. The fraction of sp³-hybridized carbons (Fsp3) is 0.438. The van der Waals surface area contributed by atoms with Crippen molar-refractivity contribution >= 4 is 5.78 Å². The van der Waals surface area contributed by atoms with Gasteiger partial charge in [0.1, 0.15) is 5.75 Å². The molecule has 0 saturated heterocycles. The molecular formula is C16H20O2. The summed E-state index contributed by atoms with van der Waals surface area (Å²) in [7, 11) is 0. The van der Waals surface area contributed by atoms with Crippen LogP contribution in [0.15, 0.2) is 42.0 Å². The Bertz CT molecular complexity index is 406. The molecule has 18 heavy (non-hydrogen) atoms. The molecule has 0 radical (unpaired) electrons. The van der Waals surface area contributed by atoms with Crippen LogP contribution in [0, 0.1) is 0 Å². The molecule has 0 spiro atoms. The maximum atomic E-state index is 11.4. The van der Waals surface area contributed by atoms with Crippen LogP contribution in [0.1, 0.15) is 38.5 Å². The lowest BCUT2D eigenvalue weighted by Crippen LogP contribution is -1.98. The SMILES string of the molecule is O=C1C=C(CCCOc2ccccc2)CCCC1. The number of hydrogen-bond acceptors (Lipinski definition) is 2. The van der Waals surface area contributed by atoms with Crippen molar-refractivity contribution in [2.45, 2.75) is 38.5 Å². The van der Waals surface area contributed by atoms with Crippen molar-refractivity contribution < 1.29 is 9.53 Å². The van der Waals surface area contributed by atoms with E-state index >= 15 is 0 Å². The van der Waals surface area contributed by atoms with Crippen LogP contribution in [0.5, 0.6) is 5.75 Å². The molecule has 2 heteroatoms. The first-order valence-corrected chi connectivity index (χ1v) is 6.75. The molecule has 0 atom stereocenters. The summed E-state index contributed by atoms with van der Waals surface area (Å²) in [5.74, 6) is 1.22. The minimum atomic E-state index is 0.298. The molecule has 1 aliphatic rings. The van der Waals surface area contributed by atoms with Gasteiger partial charge in [0.25, 0.3) is 0 Å². The van der Waals surface area contributed by atoms with E-state index in [1.54, 1.807) is 0 Å². The van der Waals surface area contributed by atoms with Gasteiger partial charge in [0.15, 0.2) is 5.78 Å². The van der Waals surface area contributed by atoms with Gasteiger partial charge in [0, 0.05) is 6.42 Å². The summed E-state index contributed by atoms with van der Waals surface area (Å²) in [6.45, 7) is 0.718. The van der Waals surface area contributed by atoms with Crippen LogP contribution in [0.25, 0.3) is 0 Å². The molecule has 0 unspecified atom stereocenters. The van der Waals surface area contributed by atoms with Gasteiger partial charge in [-0.15, -0.1) is 0 Å². The molecule has 2 nitrogen and oxygen atoms in total.